The van der Waals surface area contributed by atoms with E-state index in [0.717, 1.165) is 11.1 Å². The van der Waals surface area contributed by atoms with Gasteiger partial charge in [-0.1, -0.05) is 36.4 Å². The van der Waals surface area contributed by atoms with E-state index < -0.39 is 6.04 Å². The van der Waals surface area contributed by atoms with Crippen LogP contribution in [0.3, 0.4) is 0 Å². The Hall–Kier alpha value is -3.74. The number of hydrogen-bond acceptors (Lipinski definition) is 5. The molecule has 32 heavy (non-hydrogen) atoms. The molecule has 0 bridgehead atoms. The van der Waals surface area contributed by atoms with Gasteiger partial charge in [0.15, 0.2) is 11.5 Å². The highest BCUT2D eigenvalue weighted by atomic mass is 16.5. The Balaban J connectivity index is 1.76. The van der Waals surface area contributed by atoms with Crippen molar-refractivity contribution < 1.29 is 23.5 Å². The number of furan rings is 1. The number of nitrogens with zero attached hydrogens (tertiary/aromatic N) is 1. The minimum absolute atomic E-state index is 0.128. The van der Waals surface area contributed by atoms with E-state index in [1.807, 2.05) is 36.4 Å². The molecule has 1 heterocycles. The van der Waals surface area contributed by atoms with Crippen LogP contribution in [0.15, 0.2) is 71.3 Å². The fraction of sp³-hybridized carbons (Fsp3) is 0.280. The molecule has 7 nitrogen and oxygen atoms in total. The number of methoxy groups -OCH3 is 2. The van der Waals surface area contributed by atoms with Gasteiger partial charge < -0.3 is 24.1 Å². The van der Waals surface area contributed by atoms with Crippen LogP contribution >= 0.6 is 0 Å². The minimum atomic E-state index is -0.669. The number of nitrogens with one attached hydrogen (secondary N) is 1. The molecule has 0 unspecified atom stereocenters. The van der Waals surface area contributed by atoms with Crippen LogP contribution in [0, 0.1) is 0 Å². The van der Waals surface area contributed by atoms with Crippen LogP contribution in [-0.2, 0) is 29.1 Å². The first-order chi connectivity index (χ1) is 15.5. The second-order valence-electron chi connectivity index (χ2n) is 7.35. The molecule has 0 saturated carbocycles. The third-order valence-corrected chi connectivity index (χ3v) is 5.18. The van der Waals surface area contributed by atoms with E-state index in [1.165, 1.54) is 0 Å². The summed E-state index contributed by atoms with van der Waals surface area (Å²) in [6.07, 6.45) is 1.68. The van der Waals surface area contributed by atoms with Gasteiger partial charge in [0.25, 0.3) is 0 Å². The third-order valence-electron chi connectivity index (χ3n) is 5.18. The van der Waals surface area contributed by atoms with Gasteiger partial charge >= 0.3 is 0 Å². The molecule has 168 valence electrons. The van der Waals surface area contributed by atoms with Crippen molar-refractivity contribution in [2.24, 2.45) is 0 Å². The number of amides is 2. The fourth-order valence-corrected chi connectivity index (χ4v) is 3.36. The second kappa shape index (κ2) is 11.0. The van der Waals surface area contributed by atoms with Crippen LogP contribution in [-0.4, -0.2) is 37.0 Å². The summed E-state index contributed by atoms with van der Waals surface area (Å²) >= 11 is 0. The zero-order chi connectivity index (χ0) is 22.9. The molecule has 3 rings (SSSR count). The van der Waals surface area contributed by atoms with E-state index in [1.54, 1.807) is 56.6 Å². The van der Waals surface area contributed by atoms with E-state index in [-0.39, 0.29) is 24.8 Å². The number of carbonyl (C=O) groups is 2. The summed E-state index contributed by atoms with van der Waals surface area (Å²) in [5.41, 5.74) is 1.72. The zero-order valence-electron chi connectivity index (χ0n) is 18.5. The topological polar surface area (TPSA) is 81.0 Å². The maximum Gasteiger partial charge on any atom is 0.242 e. The molecule has 0 aliphatic carbocycles. The molecule has 2 amide bonds. The van der Waals surface area contributed by atoms with Gasteiger partial charge in [0.05, 0.1) is 33.4 Å². The van der Waals surface area contributed by atoms with Gasteiger partial charge in [-0.05, 0) is 42.3 Å². The van der Waals surface area contributed by atoms with Crippen molar-refractivity contribution in [1.82, 2.24) is 10.2 Å². The van der Waals surface area contributed by atoms with E-state index in [4.69, 9.17) is 13.9 Å². The van der Waals surface area contributed by atoms with Crippen molar-refractivity contribution >= 4 is 11.8 Å². The SMILES string of the molecule is COc1ccc(CC(=O)N(Cc2ccccc2)[C@H](C)C(=O)NCc2ccco2)cc1OC. The van der Waals surface area contributed by atoms with Crippen molar-refractivity contribution in [3.05, 3.63) is 83.8 Å². The van der Waals surface area contributed by atoms with Gasteiger partial charge in [-0.15, -0.1) is 0 Å². The van der Waals surface area contributed by atoms with E-state index in [9.17, 15) is 9.59 Å². The number of rotatable bonds is 10. The largest absolute Gasteiger partial charge is 0.493 e. The summed E-state index contributed by atoms with van der Waals surface area (Å²) in [4.78, 5) is 27.7. The molecule has 0 fully saturated rings. The Morgan fingerprint density at radius 3 is 2.38 bits per heavy atom. The highest BCUT2D eigenvalue weighted by Gasteiger charge is 2.26. The summed E-state index contributed by atoms with van der Waals surface area (Å²) in [6.45, 7) is 2.31. The summed E-state index contributed by atoms with van der Waals surface area (Å²) in [7, 11) is 3.11. The van der Waals surface area contributed by atoms with Gasteiger partial charge in [-0.3, -0.25) is 9.59 Å². The Kier molecular flexibility index (Phi) is 7.91. The van der Waals surface area contributed by atoms with Crippen molar-refractivity contribution in [1.29, 1.82) is 0 Å². The fourth-order valence-electron chi connectivity index (χ4n) is 3.36. The number of benzene rings is 2. The van der Waals surface area contributed by atoms with Crippen LogP contribution in [0.1, 0.15) is 23.8 Å². The lowest BCUT2D eigenvalue weighted by molar-refractivity contribution is -0.140. The standard InChI is InChI=1S/C25H28N2O5/c1-18(25(29)26-16-21-10-7-13-32-21)27(17-19-8-5-4-6-9-19)24(28)15-20-11-12-22(30-2)23(14-20)31-3/h4-14,18H,15-17H2,1-3H3,(H,26,29)/t18-/m1/s1. The lowest BCUT2D eigenvalue weighted by atomic mass is 10.1. The second-order valence-corrected chi connectivity index (χ2v) is 7.35. The zero-order valence-corrected chi connectivity index (χ0v) is 18.5. The molecule has 0 spiro atoms. The number of hydrogen-bond donors (Lipinski definition) is 1. The molecule has 3 aromatic rings. The molecule has 2 aromatic carbocycles. The normalized spacial score (nSPS) is 11.5. The average molecular weight is 437 g/mol. The predicted octanol–water partition coefficient (Wildman–Crippen LogP) is 3.57. The van der Waals surface area contributed by atoms with Crippen LogP contribution in [0.25, 0.3) is 0 Å². The first kappa shape index (κ1) is 22.9. The third kappa shape index (κ3) is 5.91. The molecule has 1 aromatic heterocycles. The number of ether oxygens (including phenoxy) is 2. The highest BCUT2D eigenvalue weighted by molar-refractivity contribution is 5.88. The summed E-state index contributed by atoms with van der Waals surface area (Å²) in [5, 5.41) is 2.84. The Labute approximate surface area is 187 Å². The Bertz CT molecular complexity index is 1020. The van der Waals surface area contributed by atoms with Crippen molar-refractivity contribution in [2.45, 2.75) is 32.5 Å². The Morgan fingerprint density at radius 2 is 1.72 bits per heavy atom. The number of carbonyl (C=O) groups excluding carboxylic acids is 2. The maximum atomic E-state index is 13.3. The molecule has 0 saturated heterocycles. The van der Waals surface area contributed by atoms with Crippen LogP contribution in [0.2, 0.25) is 0 Å². The van der Waals surface area contributed by atoms with Gasteiger partial charge in [0.2, 0.25) is 11.8 Å². The minimum Gasteiger partial charge on any atom is -0.493 e. The molecule has 7 heteroatoms. The predicted molar refractivity (Wildman–Crippen MR) is 120 cm³/mol. The molecule has 0 aliphatic heterocycles. The van der Waals surface area contributed by atoms with Crippen molar-refractivity contribution in [3.63, 3.8) is 0 Å². The average Bonchev–Trinajstić information content (AvgIpc) is 3.34. The Morgan fingerprint density at radius 1 is 0.969 bits per heavy atom. The maximum absolute atomic E-state index is 13.3. The molecule has 1 N–H and O–H groups in total. The molecule has 0 aliphatic rings. The summed E-state index contributed by atoms with van der Waals surface area (Å²) in [5.74, 6) is 1.38. The van der Waals surface area contributed by atoms with Crippen molar-refractivity contribution in [2.75, 3.05) is 14.2 Å². The monoisotopic (exact) mass is 436 g/mol. The van der Waals surface area contributed by atoms with Gasteiger partial charge in [0.1, 0.15) is 11.8 Å². The molecule has 1 atom stereocenters. The summed E-state index contributed by atoms with van der Waals surface area (Å²) < 4.78 is 15.9. The quantitative estimate of drug-likeness (QED) is 0.526. The van der Waals surface area contributed by atoms with Crippen molar-refractivity contribution in [3.8, 4) is 11.5 Å². The first-order valence-electron chi connectivity index (χ1n) is 10.4. The van der Waals surface area contributed by atoms with Gasteiger partial charge in [-0.25, -0.2) is 0 Å². The lowest BCUT2D eigenvalue weighted by Gasteiger charge is -2.29. The lowest BCUT2D eigenvalue weighted by Crippen LogP contribution is -2.47. The van der Waals surface area contributed by atoms with E-state index in [2.05, 4.69) is 5.32 Å². The van der Waals surface area contributed by atoms with E-state index >= 15 is 0 Å². The van der Waals surface area contributed by atoms with Gasteiger partial charge in [-0.2, -0.15) is 0 Å². The van der Waals surface area contributed by atoms with E-state index in [0.29, 0.717) is 23.8 Å². The van der Waals surface area contributed by atoms with Gasteiger partial charge in [0, 0.05) is 6.54 Å². The summed E-state index contributed by atoms with van der Waals surface area (Å²) in [6, 6.07) is 17.9. The van der Waals surface area contributed by atoms with Crippen LogP contribution < -0.4 is 14.8 Å². The van der Waals surface area contributed by atoms with Crippen LogP contribution in [0.4, 0.5) is 0 Å². The highest BCUT2D eigenvalue weighted by Crippen LogP contribution is 2.28. The molecular weight excluding hydrogens is 408 g/mol. The van der Waals surface area contributed by atoms with Crippen LogP contribution in [0.5, 0.6) is 11.5 Å². The smallest absolute Gasteiger partial charge is 0.242 e. The first-order valence-corrected chi connectivity index (χ1v) is 10.4. The molecular formula is C25H28N2O5. The molecule has 0 radical (unpaired) electrons.